The third-order valence-corrected chi connectivity index (χ3v) is 2.95. The third kappa shape index (κ3) is 4.47. The fraction of sp³-hybridized carbons (Fsp3) is 0.300. The topological polar surface area (TPSA) is 49.3 Å². The number of alkyl halides is 3. The van der Waals surface area contributed by atoms with Crippen molar-refractivity contribution >= 4 is 33.5 Å². The molecule has 0 aromatic heterocycles. The molecule has 2 N–H and O–H groups in total. The van der Waals surface area contributed by atoms with E-state index in [1.54, 1.807) is 0 Å². The lowest BCUT2D eigenvalue weighted by atomic mass is 10.1. The minimum atomic E-state index is -4.48. The highest BCUT2D eigenvalue weighted by atomic mass is 79.9. The summed E-state index contributed by atoms with van der Waals surface area (Å²) in [5.74, 6) is -1.40. The Morgan fingerprint density at radius 1 is 1.50 bits per heavy atom. The summed E-state index contributed by atoms with van der Waals surface area (Å²) in [4.78, 5) is 11.0. The van der Waals surface area contributed by atoms with Gasteiger partial charge in [0.15, 0.2) is 0 Å². The minimum absolute atomic E-state index is 0.177. The zero-order valence-corrected chi connectivity index (χ0v) is 11.1. The van der Waals surface area contributed by atoms with Crippen LogP contribution in [0.3, 0.4) is 0 Å². The first-order valence-corrected chi connectivity index (χ1v) is 5.85. The summed E-state index contributed by atoms with van der Waals surface area (Å²) in [5, 5.41) is 11.2. The Hall–Kier alpha value is -0.790. The molecule has 1 aromatic carbocycles. The van der Waals surface area contributed by atoms with E-state index in [2.05, 4.69) is 15.9 Å². The maximum Gasteiger partial charge on any atom is 0.401 e. The van der Waals surface area contributed by atoms with E-state index in [0.717, 1.165) is 0 Å². The lowest BCUT2D eigenvalue weighted by molar-refractivity contribution is -0.143. The lowest BCUT2D eigenvalue weighted by Gasteiger charge is -2.17. The average molecular weight is 347 g/mol. The van der Waals surface area contributed by atoms with Crippen molar-refractivity contribution in [3.05, 3.63) is 33.3 Å². The molecule has 0 aliphatic carbocycles. The summed E-state index contributed by atoms with van der Waals surface area (Å²) in [5.41, 5.74) is 0.177. The highest BCUT2D eigenvalue weighted by Gasteiger charge is 2.31. The highest BCUT2D eigenvalue weighted by molar-refractivity contribution is 9.10. The number of benzene rings is 1. The summed E-state index contributed by atoms with van der Waals surface area (Å²) in [7, 11) is 0. The molecule has 1 unspecified atom stereocenters. The Morgan fingerprint density at radius 3 is 2.56 bits per heavy atom. The van der Waals surface area contributed by atoms with E-state index < -0.39 is 24.7 Å². The van der Waals surface area contributed by atoms with Gasteiger partial charge >= 0.3 is 12.1 Å². The number of carboxylic acid groups (broad SMARTS) is 1. The largest absolute Gasteiger partial charge is 0.480 e. The van der Waals surface area contributed by atoms with Crippen molar-refractivity contribution in [2.24, 2.45) is 0 Å². The molecule has 0 saturated heterocycles. The van der Waals surface area contributed by atoms with Crippen molar-refractivity contribution < 1.29 is 23.1 Å². The first-order valence-electron chi connectivity index (χ1n) is 4.68. The summed E-state index contributed by atoms with van der Waals surface area (Å²) in [6.45, 7) is -1.39. The zero-order valence-electron chi connectivity index (χ0n) is 8.76. The van der Waals surface area contributed by atoms with Crippen molar-refractivity contribution in [2.45, 2.75) is 12.2 Å². The van der Waals surface area contributed by atoms with Gasteiger partial charge in [0.05, 0.1) is 6.54 Å². The molecule has 0 radical (unpaired) electrons. The second-order valence-electron chi connectivity index (χ2n) is 3.43. The van der Waals surface area contributed by atoms with Gasteiger partial charge in [-0.15, -0.1) is 0 Å². The molecule has 8 heteroatoms. The molecule has 18 heavy (non-hydrogen) atoms. The number of hydrogen-bond donors (Lipinski definition) is 2. The Morgan fingerprint density at radius 2 is 2.11 bits per heavy atom. The van der Waals surface area contributed by atoms with Crippen LogP contribution in [0.4, 0.5) is 13.2 Å². The molecule has 100 valence electrons. The quantitative estimate of drug-likeness (QED) is 0.879. The van der Waals surface area contributed by atoms with Crippen molar-refractivity contribution in [2.75, 3.05) is 6.54 Å². The molecule has 0 spiro atoms. The number of rotatable bonds is 4. The van der Waals surface area contributed by atoms with E-state index in [9.17, 15) is 18.0 Å². The maximum atomic E-state index is 12.1. The fourth-order valence-electron chi connectivity index (χ4n) is 1.28. The zero-order chi connectivity index (χ0) is 13.9. The summed E-state index contributed by atoms with van der Waals surface area (Å²) >= 11 is 8.74. The van der Waals surface area contributed by atoms with Crippen molar-refractivity contribution in [1.29, 1.82) is 0 Å². The molecule has 1 rings (SSSR count). The van der Waals surface area contributed by atoms with Gasteiger partial charge in [0.1, 0.15) is 6.04 Å². The molecule has 0 heterocycles. The number of aliphatic carboxylic acids is 1. The maximum absolute atomic E-state index is 12.1. The number of halogens is 5. The number of carboxylic acids is 1. The Bertz CT molecular complexity index is 453. The van der Waals surface area contributed by atoms with Crippen LogP contribution in [0.5, 0.6) is 0 Å². The van der Waals surface area contributed by atoms with Crippen LogP contribution in [-0.4, -0.2) is 23.8 Å². The average Bonchev–Trinajstić information content (AvgIpc) is 2.18. The van der Waals surface area contributed by atoms with Crippen LogP contribution >= 0.6 is 27.5 Å². The van der Waals surface area contributed by atoms with E-state index in [0.29, 0.717) is 9.50 Å². The normalized spacial score (nSPS) is 13.4. The van der Waals surface area contributed by atoms with Crippen LogP contribution in [-0.2, 0) is 4.79 Å². The molecule has 1 aromatic rings. The predicted octanol–water partition coefficient (Wildman–Crippen LogP) is 3.38. The van der Waals surface area contributed by atoms with Gasteiger partial charge in [0.25, 0.3) is 0 Å². The smallest absolute Gasteiger partial charge is 0.401 e. The first kappa shape index (κ1) is 15.3. The van der Waals surface area contributed by atoms with Crippen LogP contribution in [0.25, 0.3) is 0 Å². The van der Waals surface area contributed by atoms with Gasteiger partial charge < -0.3 is 5.11 Å². The van der Waals surface area contributed by atoms with Gasteiger partial charge in [0.2, 0.25) is 0 Å². The molecular formula is C10H8BrClF3NO2. The third-order valence-electron chi connectivity index (χ3n) is 2.03. The van der Waals surface area contributed by atoms with E-state index >= 15 is 0 Å². The number of hydrogen-bond acceptors (Lipinski definition) is 2. The van der Waals surface area contributed by atoms with Gasteiger partial charge in [-0.3, -0.25) is 10.1 Å². The number of carbonyl (C=O) groups is 1. The van der Waals surface area contributed by atoms with Crippen molar-refractivity contribution in [3.63, 3.8) is 0 Å². The van der Waals surface area contributed by atoms with E-state index in [4.69, 9.17) is 16.7 Å². The van der Waals surface area contributed by atoms with E-state index in [1.165, 1.54) is 18.2 Å². The van der Waals surface area contributed by atoms with Gasteiger partial charge in [-0.1, -0.05) is 33.6 Å². The van der Waals surface area contributed by atoms with Crippen LogP contribution in [0.15, 0.2) is 22.7 Å². The standard InChI is InChI=1S/C10H8BrClF3NO2/c11-7-3-5(12)1-2-6(7)8(9(17)18)16-4-10(13,14)15/h1-3,8,16H,4H2,(H,17,18). The van der Waals surface area contributed by atoms with Crippen LogP contribution in [0.2, 0.25) is 5.02 Å². The molecular weight excluding hydrogens is 338 g/mol. The highest BCUT2D eigenvalue weighted by Crippen LogP contribution is 2.27. The molecule has 0 fully saturated rings. The second-order valence-corrected chi connectivity index (χ2v) is 4.72. The molecule has 3 nitrogen and oxygen atoms in total. The summed E-state index contributed by atoms with van der Waals surface area (Å²) in [6.07, 6.45) is -4.48. The summed E-state index contributed by atoms with van der Waals surface area (Å²) in [6, 6.07) is 2.72. The van der Waals surface area contributed by atoms with Crippen LogP contribution in [0, 0.1) is 0 Å². The molecule has 0 bridgehead atoms. The fourth-order valence-corrected chi connectivity index (χ4v) is 2.20. The van der Waals surface area contributed by atoms with Crippen molar-refractivity contribution in [3.8, 4) is 0 Å². The predicted molar refractivity (Wildman–Crippen MR) is 63.6 cm³/mol. The molecule has 0 amide bonds. The minimum Gasteiger partial charge on any atom is -0.480 e. The molecule has 1 atom stereocenters. The Labute approximate surface area is 114 Å². The van der Waals surface area contributed by atoms with E-state index in [1.807, 2.05) is 5.32 Å². The SMILES string of the molecule is O=C(O)C(NCC(F)(F)F)c1ccc(Cl)cc1Br. The molecule has 0 saturated carbocycles. The van der Waals surface area contributed by atoms with Crippen LogP contribution < -0.4 is 5.32 Å². The van der Waals surface area contributed by atoms with Crippen LogP contribution in [0.1, 0.15) is 11.6 Å². The molecule has 0 aliphatic rings. The number of nitrogens with one attached hydrogen (secondary N) is 1. The van der Waals surface area contributed by atoms with E-state index in [-0.39, 0.29) is 5.56 Å². The van der Waals surface area contributed by atoms with Gasteiger partial charge in [-0.25, -0.2) is 0 Å². The summed E-state index contributed by atoms with van der Waals surface area (Å²) < 4.78 is 36.5. The second kappa shape index (κ2) is 5.90. The monoisotopic (exact) mass is 345 g/mol. The Balaban J connectivity index is 2.95. The van der Waals surface area contributed by atoms with Crippen molar-refractivity contribution in [1.82, 2.24) is 5.32 Å². The molecule has 0 aliphatic heterocycles. The van der Waals surface area contributed by atoms with Gasteiger partial charge in [0, 0.05) is 9.50 Å². The van der Waals surface area contributed by atoms with Gasteiger partial charge in [-0.05, 0) is 17.7 Å². The first-order chi connectivity index (χ1) is 8.20. The lowest BCUT2D eigenvalue weighted by Crippen LogP contribution is -2.36. The Kier molecular flexibility index (Phi) is 5.01. The van der Waals surface area contributed by atoms with Gasteiger partial charge in [-0.2, -0.15) is 13.2 Å².